The van der Waals surface area contributed by atoms with Crippen LogP contribution in [0.3, 0.4) is 0 Å². The van der Waals surface area contributed by atoms with E-state index in [1.165, 1.54) is 24.3 Å². The summed E-state index contributed by atoms with van der Waals surface area (Å²) in [6.45, 7) is 4.12. The molecule has 0 bridgehead atoms. The topological polar surface area (TPSA) is 182 Å². The van der Waals surface area contributed by atoms with Gasteiger partial charge in [0.1, 0.15) is 35.7 Å². The normalized spacial score (nSPS) is 15.8. The summed E-state index contributed by atoms with van der Waals surface area (Å²) in [5, 5.41) is 5.45. The van der Waals surface area contributed by atoms with Crippen molar-refractivity contribution in [2.75, 3.05) is 40.6 Å². The lowest BCUT2D eigenvalue weighted by Gasteiger charge is -2.22. The molecule has 1 aliphatic rings. The number of carbonyl (C=O) groups excluding carboxylic acids is 4. The van der Waals surface area contributed by atoms with Crippen LogP contribution in [-0.2, 0) is 14.2 Å². The maximum Gasteiger partial charge on any atom is 0.343 e. The molecule has 3 rings (SSSR count). The lowest BCUT2D eigenvalue weighted by molar-refractivity contribution is 0.0567. The maximum atomic E-state index is 13.3. The van der Waals surface area contributed by atoms with E-state index in [0.717, 1.165) is 36.5 Å². The number of hydrogen-bond acceptors (Lipinski definition) is 11. The maximum absolute atomic E-state index is 13.3. The monoisotopic (exact) mass is 604 g/mol. The Morgan fingerprint density at radius 3 is 1.49 bits per heavy atom. The van der Waals surface area contributed by atoms with E-state index in [-0.39, 0.29) is 48.9 Å². The number of nitrogens with one attached hydrogen (secondary N) is 2. The number of carbonyl (C=O) groups is 4. The van der Waals surface area contributed by atoms with Crippen molar-refractivity contribution in [2.24, 2.45) is 0 Å². The fraction of sp³-hybridized carbons (Fsp3) is 0.500. The lowest BCUT2D eigenvalue weighted by atomic mass is 10.1. The van der Waals surface area contributed by atoms with Gasteiger partial charge in [0.25, 0.3) is 22.9 Å². The van der Waals surface area contributed by atoms with Crippen LogP contribution in [0.25, 0.3) is 0 Å². The SMILES string of the molecule is CCCCOn1c(C(=O)N[C@H]2COC[C@H]2NC(=O)c2ccc(C(=O)OC)c(=O)n2OCCCC)ccc(C(=O)OC)c1=O. The molecule has 2 amide bonds. The number of methoxy groups -OCH3 is 2. The Kier molecular flexibility index (Phi) is 11.9. The Balaban J connectivity index is 1.83. The quantitative estimate of drug-likeness (QED) is 0.218. The van der Waals surface area contributed by atoms with Crippen LogP contribution in [0.1, 0.15) is 81.2 Å². The molecule has 0 saturated carbocycles. The van der Waals surface area contributed by atoms with Crippen LogP contribution in [0.5, 0.6) is 0 Å². The highest BCUT2D eigenvalue weighted by Gasteiger charge is 2.33. The van der Waals surface area contributed by atoms with Crippen LogP contribution in [-0.4, -0.2) is 85.9 Å². The highest BCUT2D eigenvalue weighted by molar-refractivity contribution is 5.96. The number of ether oxygens (including phenoxy) is 3. The summed E-state index contributed by atoms with van der Waals surface area (Å²) in [5.41, 5.74) is -2.70. The number of rotatable bonds is 14. The molecule has 0 radical (unpaired) electrons. The predicted octanol–water partition coefficient (Wildman–Crippen LogP) is -0.0322. The molecule has 43 heavy (non-hydrogen) atoms. The Morgan fingerprint density at radius 1 is 0.744 bits per heavy atom. The van der Waals surface area contributed by atoms with Gasteiger partial charge in [-0.2, -0.15) is 0 Å². The highest BCUT2D eigenvalue weighted by Crippen LogP contribution is 2.10. The first-order valence-corrected chi connectivity index (χ1v) is 13.8. The fourth-order valence-corrected chi connectivity index (χ4v) is 4.09. The summed E-state index contributed by atoms with van der Waals surface area (Å²) in [6, 6.07) is 3.37. The Bertz CT molecular complexity index is 1340. The molecule has 15 nitrogen and oxygen atoms in total. The summed E-state index contributed by atoms with van der Waals surface area (Å²) in [5.74, 6) is -3.20. The smallest absolute Gasteiger partial charge is 0.343 e. The van der Waals surface area contributed by atoms with Crippen molar-refractivity contribution in [2.45, 2.75) is 51.6 Å². The Morgan fingerprint density at radius 2 is 1.14 bits per heavy atom. The third kappa shape index (κ3) is 7.80. The van der Waals surface area contributed by atoms with E-state index < -0.39 is 47.0 Å². The molecule has 1 fully saturated rings. The van der Waals surface area contributed by atoms with E-state index in [0.29, 0.717) is 12.8 Å². The minimum Gasteiger partial charge on any atom is -0.465 e. The van der Waals surface area contributed by atoms with Crippen LogP contribution in [0.2, 0.25) is 0 Å². The van der Waals surface area contributed by atoms with Crippen LogP contribution in [0, 0.1) is 0 Å². The van der Waals surface area contributed by atoms with Gasteiger partial charge < -0.3 is 34.5 Å². The second kappa shape index (κ2) is 15.5. The summed E-state index contributed by atoms with van der Waals surface area (Å²) >= 11 is 0. The predicted molar refractivity (Wildman–Crippen MR) is 150 cm³/mol. The standard InChI is InChI=1S/C28H36N4O11/c1-5-7-13-42-31-21(11-9-17(25(31)35)27(37)39-3)23(33)29-19-15-41-16-20(19)30-24(34)22-12-10-18(28(38)40-4)26(36)32(22)43-14-8-6-2/h9-12,19-20H,5-8,13-16H2,1-4H3,(H,29,33)(H,30,34)/t19-,20+. The zero-order valence-corrected chi connectivity index (χ0v) is 24.5. The van der Waals surface area contributed by atoms with Gasteiger partial charge in [0, 0.05) is 0 Å². The van der Waals surface area contributed by atoms with Gasteiger partial charge in [-0.05, 0) is 37.1 Å². The molecule has 3 heterocycles. The molecule has 0 aliphatic carbocycles. The minimum atomic E-state index is -0.881. The second-order valence-electron chi connectivity index (χ2n) is 9.52. The molecular formula is C28H36N4O11. The van der Waals surface area contributed by atoms with Gasteiger partial charge in [-0.25, -0.2) is 9.59 Å². The Hall–Kier alpha value is -4.66. The Labute approximate surface area is 246 Å². The highest BCUT2D eigenvalue weighted by atomic mass is 16.7. The van der Waals surface area contributed by atoms with Crippen molar-refractivity contribution in [3.05, 3.63) is 67.5 Å². The van der Waals surface area contributed by atoms with Crippen molar-refractivity contribution < 1.29 is 43.1 Å². The van der Waals surface area contributed by atoms with Gasteiger partial charge in [0.05, 0.1) is 39.5 Å². The van der Waals surface area contributed by atoms with Gasteiger partial charge in [-0.15, -0.1) is 9.46 Å². The molecule has 15 heteroatoms. The number of nitrogens with zero attached hydrogens (tertiary/aromatic N) is 2. The van der Waals surface area contributed by atoms with E-state index in [1.807, 2.05) is 13.8 Å². The summed E-state index contributed by atoms with van der Waals surface area (Å²) in [6.07, 6.45) is 2.70. The van der Waals surface area contributed by atoms with E-state index in [1.54, 1.807) is 0 Å². The van der Waals surface area contributed by atoms with E-state index >= 15 is 0 Å². The second-order valence-corrected chi connectivity index (χ2v) is 9.52. The third-order valence-electron chi connectivity index (χ3n) is 6.51. The molecule has 2 atom stereocenters. The number of unbranched alkanes of at least 4 members (excludes halogenated alkanes) is 2. The van der Waals surface area contributed by atoms with Crippen molar-refractivity contribution >= 4 is 23.8 Å². The fourth-order valence-electron chi connectivity index (χ4n) is 4.09. The molecule has 2 aromatic rings. The first kappa shape index (κ1) is 32.8. The van der Waals surface area contributed by atoms with E-state index in [2.05, 4.69) is 20.1 Å². The molecule has 2 aromatic heterocycles. The van der Waals surface area contributed by atoms with Gasteiger partial charge >= 0.3 is 11.9 Å². The summed E-state index contributed by atoms with van der Waals surface area (Å²) in [7, 11) is 2.26. The van der Waals surface area contributed by atoms with Crippen molar-refractivity contribution in [3.63, 3.8) is 0 Å². The van der Waals surface area contributed by atoms with Crippen LogP contribution in [0.15, 0.2) is 33.9 Å². The van der Waals surface area contributed by atoms with Crippen LogP contribution < -0.4 is 31.4 Å². The lowest BCUT2D eigenvalue weighted by Crippen LogP contribution is -2.52. The van der Waals surface area contributed by atoms with E-state index in [4.69, 9.17) is 14.4 Å². The van der Waals surface area contributed by atoms with Gasteiger partial charge in [-0.3, -0.25) is 19.2 Å². The van der Waals surface area contributed by atoms with Gasteiger partial charge in [0.15, 0.2) is 0 Å². The van der Waals surface area contributed by atoms with Crippen molar-refractivity contribution in [3.8, 4) is 0 Å². The summed E-state index contributed by atoms with van der Waals surface area (Å²) < 4.78 is 16.3. The number of esters is 2. The molecule has 0 aromatic carbocycles. The van der Waals surface area contributed by atoms with Crippen molar-refractivity contribution in [1.29, 1.82) is 0 Å². The zero-order chi connectivity index (χ0) is 31.5. The largest absolute Gasteiger partial charge is 0.465 e. The first-order valence-electron chi connectivity index (χ1n) is 13.8. The molecule has 234 valence electrons. The molecular weight excluding hydrogens is 568 g/mol. The minimum absolute atomic E-state index is 0.0267. The summed E-state index contributed by atoms with van der Waals surface area (Å²) in [4.78, 5) is 87.6. The average Bonchev–Trinajstić information content (AvgIpc) is 3.43. The van der Waals surface area contributed by atoms with Gasteiger partial charge in [-0.1, -0.05) is 26.7 Å². The number of aromatic nitrogens is 2. The average molecular weight is 605 g/mol. The molecule has 1 saturated heterocycles. The first-order chi connectivity index (χ1) is 20.7. The number of hydrogen-bond donors (Lipinski definition) is 2. The van der Waals surface area contributed by atoms with Crippen LogP contribution in [0.4, 0.5) is 0 Å². The van der Waals surface area contributed by atoms with Gasteiger partial charge in [0.2, 0.25) is 0 Å². The number of pyridine rings is 2. The van der Waals surface area contributed by atoms with Crippen molar-refractivity contribution in [1.82, 2.24) is 20.1 Å². The number of amides is 2. The molecule has 2 N–H and O–H groups in total. The van der Waals surface area contributed by atoms with E-state index in [9.17, 15) is 28.8 Å². The van der Waals surface area contributed by atoms with Crippen LogP contribution >= 0.6 is 0 Å². The molecule has 1 aliphatic heterocycles. The molecule has 0 unspecified atom stereocenters. The zero-order valence-electron chi connectivity index (χ0n) is 24.5. The molecule has 0 spiro atoms. The third-order valence-corrected chi connectivity index (χ3v) is 6.51.